The van der Waals surface area contributed by atoms with Crippen LogP contribution >= 0.6 is 11.6 Å². The molecule has 1 aliphatic rings. The molecule has 0 radical (unpaired) electrons. The molecule has 164 valence electrons. The molecule has 1 N–H and O–H groups in total. The molecule has 8 heteroatoms. The van der Waals surface area contributed by atoms with Crippen LogP contribution in [-0.2, 0) is 14.3 Å². The SMILES string of the molecule is COCCCN1C(=O)C(=O)/C(=C(\O)c2ccc(OC)c(Cl)c2)C1c1cccc(OC)c1. The van der Waals surface area contributed by atoms with E-state index < -0.39 is 17.7 Å². The van der Waals surface area contributed by atoms with E-state index in [1.54, 1.807) is 43.5 Å². The molecule has 0 saturated carbocycles. The highest BCUT2D eigenvalue weighted by molar-refractivity contribution is 6.46. The number of likely N-dealkylation sites (tertiary alicyclic amines) is 1. The molecule has 1 heterocycles. The molecule has 0 spiro atoms. The lowest BCUT2D eigenvalue weighted by Gasteiger charge is -2.25. The molecular weight excluding hydrogens is 422 g/mol. The van der Waals surface area contributed by atoms with Crippen molar-refractivity contribution in [3.05, 3.63) is 64.2 Å². The number of aliphatic hydroxyl groups is 1. The van der Waals surface area contributed by atoms with Crippen molar-refractivity contribution >= 4 is 29.1 Å². The fourth-order valence-corrected chi connectivity index (χ4v) is 3.87. The highest BCUT2D eigenvalue weighted by Crippen LogP contribution is 2.41. The molecule has 3 rings (SSSR count). The van der Waals surface area contributed by atoms with Crippen molar-refractivity contribution in [3.8, 4) is 11.5 Å². The zero-order valence-corrected chi connectivity index (χ0v) is 18.3. The van der Waals surface area contributed by atoms with Crippen molar-refractivity contribution in [2.45, 2.75) is 12.5 Å². The van der Waals surface area contributed by atoms with Gasteiger partial charge in [-0.2, -0.15) is 0 Å². The number of amides is 1. The Kier molecular flexibility index (Phi) is 7.20. The Morgan fingerprint density at radius 1 is 1.10 bits per heavy atom. The van der Waals surface area contributed by atoms with E-state index >= 15 is 0 Å². The maximum Gasteiger partial charge on any atom is 0.295 e. The van der Waals surface area contributed by atoms with Crippen LogP contribution in [0.1, 0.15) is 23.6 Å². The van der Waals surface area contributed by atoms with Crippen LogP contribution in [0.2, 0.25) is 5.02 Å². The largest absolute Gasteiger partial charge is 0.507 e. The fourth-order valence-electron chi connectivity index (χ4n) is 3.62. The van der Waals surface area contributed by atoms with Crippen LogP contribution in [0.4, 0.5) is 0 Å². The minimum atomic E-state index is -0.771. The number of nitrogens with zero attached hydrogens (tertiary/aromatic N) is 1. The summed E-state index contributed by atoms with van der Waals surface area (Å²) in [5, 5.41) is 11.3. The number of hydrogen-bond acceptors (Lipinski definition) is 6. The second kappa shape index (κ2) is 9.85. The molecule has 1 aliphatic heterocycles. The highest BCUT2D eigenvalue weighted by atomic mass is 35.5. The Morgan fingerprint density at radius 3 is 2.52 bits per heavy atom. The zero-order valence-electron chi connectivity index (χ0n) is 17.6. The van der Waals surface area contributed by atoms with Gasteiger partial charge < -0.3 is 24.2 Å². The van der Waals surface area contributed by atoms with Crippen LogP contribution in [0.5, 0.6) is 11.5 Å². The van der Waals surface area contributed by atoms with Gasteiger partial charge in [-0.3, -0.25) is 9.59 Å². The summed E-state index contributed by atoms with van der Waals surface area (Å²) in [4.78, 5) is 27.3. The number of methoxy groups -OCH3 is 3. The van der Waals surface area contributed by atoms with Crippen molar-refractivity contribution < 1.29 is 28.9 Å². The molecule has 2 aromatic carbocycles. The van der Waals surface area contributed by atoms with Crippen molar-refractivity contribution in [3.63, 3.8) is 0 Å². The number of ketones is 1. The summed E-state index contributed by atoms with van der Waals surface area (Å²) >= 11 is 6.20. The summed E-state index contributed by atoms with van der Waals surface area (Å²) in [6.07, 6.45) is 0.540. The quantitative estimate of drug-likeness (QED) is 0.288. The van der Waals surface area contributed by atoms with Gasteiger partial charge in [0, 0.05) is 25.8 Å². The first-order chi connectivity index (χ1) is 14.9. The van der Waals surface area contributed by atoms with Gasteiger partial charge in [-0.15, -0.1) is 0 Å². The molecule has 1 atom stereocenters. The molecule has 1 fully saturated rings. The Labute approximate surface area is 185 Å². The standard InChI is InChI=1S/C23H24ClNO6/c1-29-11-5-10-25-20(14-6-4-7-16(12-14)30-2)19(22(27)23(25)28)21(26)15-8-9-18(31-3)17(24)13-15/h4,6-9,12-13,20,26H,5,10-11H2,1-3H3/b21-19-. The molecule has 1 saturated heterocycles. The third kappa shape index (κ3) is 4.52. The van der Waals surface area contributed by atoms with Gasteiger partial charge >= 0.3 is 0 Å². The number of hydrogen-bond donors (Lipinski definition) is 1. The van der Waals surface area contributed by atoms with E-state index in [0.717, 1.165) is 0 Å². The number of benzene rings is 2. The maximum atomic E-state index is 13.0. The lowest BCUT2D eigenvalue weighted by Crippen LogP contribution is -2.31. The molecule has 1 amide bonds. The maximum absolute atomic E-state index is 13.0. The fraction of sp³-hybridized carbons (Fsp3) is 0.304. The number of halogens is 1. The summed E-state index contributed by atoms with van der Waals surface area (Å²) in [5.41, 5.74) is 0.961. The average molecular weight is 446 g/mol. The first-order valence-electron chi connectivity index (χ1n) is 9.68. The number of rotatable bonds is 8. The Morgan fingerprint density at radius 2 is 1.87 bits per heavy atom. The van der Waals surface area contributed by atoms with Crippen molar-refractivity contribution in [2.24, 2.45) is 0 Å². The summed E-state index contributed by atoms with van der Waals surface area (Å²) < 4.78 is 15.5. The minimum Gasteiger partial charge on any atom is -0.507 e. The van der Waals surface area contributed by atoms with Gasteiger partial charge in [0.2, 0.25) is 0 Å². The third-order valence-corrected chi connectivity index (χ3v) is 5.42. The van der Waals surface area contributed by atoms with Gasteiger partial charge in [0.25, 0.3) is 11.7 Å². The van der Waals surface area contributed by atoms with E-state index in [9.17, 15) is 14.7 Å². The van der Waals surface area contributed by atoms with Crippen LogP contribution in [0.25, 0.3) is 5.76 Å². The molecule has 0 aromatic heterocycles. The second-order valence-corrected chi connectivity index (χ2v) is 7.37. The van der Waals surface area contributed by atoms with E-state index in [0.29, 0.717) is 42.2 Å². The van der Waals surface area contributed by atoms with Crippen LogP contribution in [0.15, 0.2) is 48.0 Å². The molecule has 2 aromatic rings. The summed E-state index contributed by atoms with van der Waals surface area (Å²) in [7, 11) is 4.59. The van der Waals surface area contributed by atoms with Gasteiger partial charge in [-0.25, -0.2) is 0 Å². The zero-order chi connectivity index (χ0) is 22.5. The monoisotopic (exact) mass is 445 g/mol. The lowest BCUT2D eigenvalue weighted by atomic mass is 9.95. The van der Waals surface area contributed by atoms with E-state index in [2.05, 4.69) is 0 Å². The second-order valence-electron chi connectivity index (χ2n) is 6.96. The molecule has 7 nitrogen and oxygen atoms in total. The topological polar surface area (TPSA) is 85.3 Å². The molecular formula is C23H24ClNO6. The van der Waals surface area contributed by atoms with E-state index in [1.807, 2.05) is 0 Å². The normalized spacial score (nSPS) is 17.8. The third-order valence-electron chi connectivity index (χ3n) is 5.12. The molecule has 31 heavy (non-hydrogen) atoms. The number of carbonyl (C=O) groups excluding carboxylic acids is 2. The smallest absolute Gasteiger partial charge is 0.295 e. The Bertz CT molecular complexity index is 1020. The summed E-state index contributed by atoms with van der Waals surface area (Å²) in [6.45, 7) is 0.725. The van der Waals surface area contributed by atoms with E-state index in [-0.39, 0.29) is 16.4 Å². The van der Waals surface area contributed by atoms with Gasteiger partial charge in [-0.1, -0.05) is 23.7 Å². The van der Waals surface area contributed by atoms with E-state index in [1.165, 1.54) is 25.2 Å². The summed E-state index contributed by atoms with van der Waals surface area (Å²) in [5.74, 6) is -0.722. The molecule has 1 unspecified atom stereocenters. The first-order valence-corrected chi connectivity index (χ1v) is 10.1. The molecule has 0 bridgehead atoms. The predicted octanol–water partition coefficient (Wildman–Crippen LogP) is 3.82. The van der Waals surface area contributed by atoms with Gasteiger partial charge in [-0.05, 0) is 42.3 Å². The van der Waals surface area contributed by atoms with Crippen molar-refractivity contribution in [1.29, 1.82) is 0 Å². The van der Waals surface area contributed by atoms with Crippen LogP contribution in [0, 0.1) is 0 Å². The van der Waals surface area contributed by atoms with Crippen molar-refractivity contribution in [1.82, 2.24) is 4.90 Å². The first kappa shape index (κ1) is 22.7. The average Bonchev–Trinajstić information content (AvgIpc) is 3.03. The van der Waals surface area contributed by atoms with E-state index in [4.69, 9.17) is 25.8 Å². The lowest BCUT2D eigenvalue weighted by molar-refractivity contribution is -0.140. The highest BCUT2D eigenvalue weighted by Gasteiger charge is 2.45. The summed E-state index contributed by atoms with van der Waals surface area (Å²) in [6, 6.07) is 11.0. The number of ether oxygens (including phenoxy) is 3. The number of carbonyl (C=O) groups is 2. The van der Waals surface area contributed by atoms with Gasteiger partial charge in [0.1, 0.15) is 17.3 Å². The Hall–Kier alpha value is -3.03. The number of aliphatic hydroxyl groups excluding tert-OH is 1. The molecule has 0 aliphatic carbocycles. The van der Waals surface area contributed by atoms with Gasteiger partial charge in [0.05, 0.1) is 30.9 Å². The van der Waals surface area contributed by atoms with Crippen molar-refractivity contribution in [2.75, 3.05) is 34.5 Å². The predicted molar refractivity (Wildman–Crippen MR) is 117 cm³/mol. The van der Waals surface area contributed by atoms with Crippen LogP contribution in [0.3, 0.4) is 0 Å². The van der Waals surface area contributed by atoms with Gasteiger partial charge in [0.15, 0.2) is 0 Å². The van der Waals surface area contributed by atoms with Crippen LogP contribution < -0.4 is 9.47 Å². The number of Topliss-reactive ketones (excluding diaryl/α,β-unsaturated/α-hetero) is 1. The Balaban J connectivity index is 2.14. The van der Waals surface area contributed by atoms with Crippen LogP contribution in [-0.4, -0.2) is 56.2 Å². The minimum absolute atomic E-state index is 0.00287.